The first-order chi connectivity index (χ1) is 22.2. The molecule has 0 radical (unpaired) electrons. The highest BCUT2D eigenvalue weighted by Gasteiger charge is 2.34. The number of hydrogen-bond donors (Lipinski definition) is 1. The summed E-state index contributed by atoms with van der Waals surface area (Å²) in [4.78, 5) is 0. The van der Waals surface area contributed by atoms with Crippen molar-refractivity contribution in [3.63, 3.8) is 0 Å². The van der Waals surface area contributed by atoms with Crippen LogP contribution in [0.4, 0.5) is 5.69 Å². The summed E-state index contributed by atoms with van der Waals surface area (Å²) in [6.45, 7) is 6.41. The van der Waals surface area contributed by atoms with E-state index in [1.807, 2.05) is 0 Å². The van der Waals surface area contributed by atoms with Gasteiger partial charge in [-0.25, -0.2) is 0 Å². The van der Waals surface area contributed by atoms with Crippen LogP contribution in [0, 0.1) is 13.8 Å². The zero-order valence-corrected chi connectivity index (χ0v) is 26.1. The van der Waals surface area contributed by atoms with Crippen LogP contribution in [0.3, 0.4) is 0 Å². The Hall–Kier alpha value is -5.02. The quantitative estimate of drug-likeness (QED) is 0.198. The molecule has 0 fully saturated rings. The minimum Gasteiger partial charge on any atom is -0.381 e. The summed E-state index contributed by atoms with van der Waals surface area (Å²) < 4.78 is 5.05. The first kappa shape index (κ1) is 27.5. The van der Waals surface area contributed by atoms with Gasteiger partial charge in [0.2, 0.25) is 0 Å². The number of aromatic nitrogens is 2. The fourth-order valence-electron chi connectivity index (χ4n) is 7.86. The van der Waals surface area contributed by atoms with Crippen LogP contribution < -0.4 is 5.32 Å². The van der Waals surface area contributed by atoms with Gasteiger partial charge < -0.3 is 14.5 Å². The molecule has 45 heavy (non-hydrogen) atoms. The van der Waals surface area contributed by atoms with Crippen molar-refractivity contribution in [1.29, 1.82) is 0 Å². The topological polar surface area (TPSA) is 21.9 Å². The second-order valence-corrected chi connectivity index (χ2v) is 12.7. The molecule has 5 aromatic carbocycles. The first-order valence-electron chi connectivity index (χ1n) is 16.2. The third kappa shape index (κ3) is 4.93. The lowest BCUT2D eigenvalue weighted by Crippen LogP contribution is -2.36. The fourth-order valence-corrected chi connectivity index (χ4v) is 7.86. The zero-order chi connectivity index (χ0) is 30.3. The molecular formula is C42H39N3. The van der Waals surface area contributed by atoms with Gasteiger partial charge in [0.05, 0.1) is 0 Å². The number of anilines is 1. The molecule has 0 saturated heterocycles. The van der Waals surface area contributed by atoms with E-state index in [-0.39, 0.29) is 6.04 Å². The minimum absolute atomic E-state index is 0.254. The van der Waals surface area contributed by atoms with Crippen LogP contribution in [0.15, 0.2) is 133 Å². The van der Waals surface area contributed by atoms with Gasteiger partial charge in [-0.1, -0.05) is 115 Å². The van der Waals surface area contributed by atoms with E-state index < -0.39 is 0 Å². The van der Waals surface area contributed by atoms with E-state index in [2.05, 4.69) is 162 Å². The minimum atomic E-state index is 0.254. The molecule has 7 aromatic rings. The van der Waals surface area contributed by atoms with Gasteiger partial charge in [0.15, 0.2) is 0 Å². The number of hydrogen-bond acceptors (Lipinski definition) is 1. The van der Waals surface area contributed by atoms with Gasteiger partial charge in [0.1, 0.15) is 0 Å². The van der Waals surface area contributed by atoms with Crippen LogP contribution in [-0.2, 0) is 25.9 Å². The lowest BCUT2D eigenvalue weighted by atomic mass is 9.78. The second-order valence-electron chi connectivity index (χ2n) is 12.7. The highest BCUT2D eigenvalue weighted by molar-refractivity contribution is 5.88. The van der Waals surface area contributed by atoms with E-state index in [0.717, 1.165) is 25.9 Å². The molecule has 8 rings (SSSR count). The van der Waals surface area contributed by atoms with Crippen molar-refractivity contribution in [1.82, 2.24) is 9.13 Å². The van der Waals surface area contributed by atoms with E-state index in [0.29, 0.717) is 5.92 Å². The summed E-state index contributed by atoms with van der Waals surface area (Å²) in [5, 5.41) is 6.83. The van der Waals surface area contributed by atoms with E-state index in [1.165, 1.54) is 66.7 Å². The van der Waals surface area contributed by atoms with Crippen molar-refractivity contribution in [2.75, 3.05) is 5.32 Å². The Kier molecular flexibility index (Phi) is 7.02. The van der Waals surface area contributed by atoms with Crippen LogP contribution in [0.2, 0.25) is 0 Å². The lowest BCUT2D eigenvalue weighted by molar-refractivity contribution is 0.536. The number of nitrogens with zero attached hydrogens (tertiary/aromatic N) is 2. The summed E-state index contributed by atoms with van der Waals surface area (Å²) >= 11 is 0. The number of nitrogens with one attached hydrogen (secondary N) is 1. The van der Waals surface area contributed by atoms with Gasteiger partial charge in [-0.2, -0.15) is 0 Å². The van der Waals surface area contributed by atoms with Crippen molar-refractivity contribution < 1.29 is 0 Å². The standard InChI is InChI=1S/C42H39N3/c1-29-36(34-20-10-13-23-40(34)44(29)27-31-15-5-3-6-16-31)26-39-37(25-33-19-9-12-22-38(33)43-39)42-30(2)45(28-32-17-7-4-8-18-32)41-24-14-11-21-35(41)42/h3-24,37,39,43H,25-28H2,1-2H3. The van der Waals surface area contributed by atoms with E-state index in [4.69, 9.17) is 0 Å². The Morgan fingerprint density at radius 3 is 1.80 bits per heavy atom. The molecule has 1 N–H and O–H groups in total. The Morgan fingerprint density at radius 2 is 1.11 bits per heavy atom. The fraction of sp³-hybridized carbons (Fsp3) is 0.190. The van der Waals surface area contributed by atoms with Gasteiger partial charge in [-0.05, 0) is 72.7 Å². The van der Waals surface area contributed by atoms with Gasteiger partial charge in [-0.15, -0.1) is 0 Å². The summed E-state index contributed by atoms with van der Waals surface area (Å²) in [5.41, 5.74) is 13.7. The predicted molar refractivity (Wildman–Crippen MR) is 188 cm³/mol. The average Bonchev–Trinajstić information content (AvgIpc) is 3.51. The van der Waals surface area contributed by atoms with Crippen LogP contribution in [-0.4, -0.2) is 15.2 Å². The molecule has 0 aliphatic carbocycles. The summed E-state index contributed by atoms with van der Waals surface area (Å²) in [7, 11) is 0. The smallest absolute Gasteiger partial charge is 0.0488 e. The Bertz CT molecular complexity index is 2120. The largest absolute Gasteiger partial charge is 0.381 e. The highest BCUT2D eigenvalue weighted by atomic mass is 15.0. The number of para-hydroxylation sites is 3. The van der Waals surface area contributed by atoms with Gasteiger partial charge >= 0.3 is 0 Å². The molecule has 0 amide bonds. The molecular weight excluding hydrogens is 546 g/mol. The third-order valence-corrected chi connectivity index (χ3v) is 10.1. The van der Waals surface area contributed by atoms with Gasteiger partial charge in [0.25, 0.3) is 0 Å². The molecule has 3 nitrogen and oxygen atoms in total. The SMILES string of the molecule is Cc1c(CC2Nc3ccccc3CC2c2c(C)n(Cc3ccccc3)c3ccccc23)c2ccccc2n1Cc1ccccc1. The monoisotopic (exact) mass is 585 g/mol. The number of fused-ring (bicyclic) bond motifs is 3. The molecule has 2 aromatic heterocycles. The Labute approximate surface area is 265 Å². The molecule has 2 unspecified atom stereocenters. The normalized spacial score (nSPS) is 16.1. The molecule has 1 aliphatic rings. The van der Waals surface area contributed by atoms with E-state index in [1.54, 1.807) is 0 Å². The molecule has 0 bridgehead atoms. The van der Waals surface area contributed by atoms with Crippen molar-refractivity contribution in [2.24, 2.45) is 0 Å². The molecule has 0 saturated carbocycles. The Morgan fingerprint density at radius 1 is 0.578 bits per heavy atom. The van der Waals surface area contributed by atoms with Crippen LogP contribution in [0.5, 0.6) is 0 Å². The van der Waals surface area contributed by atoms with Crippen LogP contribution >= 0.6 is 0 Å². The molecule has 3 heteroatoms. The maximum Gasteiger partial charge on any atom is 0.0488 e. The molecule has 0 spiro atoms. The maximum absolute atomic E-state index is 4.08. The Balaban J connectivity index is 1.25. The van der Waals surface area contributed by atoms with Gasteiger partial charge in [0, 0.05) is 63.9 Å². The molecule has 1 aliphatic heterocycles. The third-order valence-electron chi connectivity index (χ3n) is 10.1. The summed E-state index contributed by atoms with van der Waals surface area (Å²) in [6.07, 6.45) is 1.99. The average molecular weight is 586 g/mol. The number of rotatable bonds is 7. The lowest BCUT2D eigenvalue weighted by Gasteiger charge is -2.36. The summed E-state index contributed by atoms with van der Waals surface area (Å²) in [5.74, 6) is 0.331. The molecule has 2 atom stereocenters. The van der Waals surface area contributed by atoms with Crippen molar-refractivity contribution in [2.45, 2.75) is 51.7 Å². The highest BCUT2D eigenvalue weighted by Crippen LogP contribution is 2.42. The molecule has 222 valence electrons. The van der Waals surface area contributed by atoms with Gasteiger partial charge in [-0.3, -0.25) is 0 Å². The molecule has 3 heterocycles. The van der Waals surface area contributed by atoms with Crippen molar-refractivity contribution >= 4 is 27.5 Å². The summed E-state index contributed by atoms with van der Waals surface area (Å²) in [6, 6.07) is 48.9. The first-order valence-corrected chi connectivity index (χ1v) is 16.2. The van der Waals surface area contributed by atoms with Crippen molar-refractivity contribution in [3.05, 3.63) is 173 Å². The van der Waals surface area contributed by atoms with E-state index >= 15 is 0 Å². The number of benzene rings is 5. The zero-order valence-electron chi connectivity index (χ0n) is 26.1. The maximum atomic E-state index is 4.08. The van der Waals surface area contributed by atoms with Crippen molar-refractivity contribution in [3.8, 4) is 0 Å². The van der Waals surface area contributed by atoms with Crippen LogP contribution in [0.25, 0.3) is 21.8 Å². The van der Waals surface area contributed by atoms with Crippen LogP contribution in [0.1, 0.15) is 45.1 Å². The van der Waals surface area contributed by atoms with E-state index in [9.17, 15) is 0 Å². The second kappa shape index (κ2) is 11.5. The predicted octanol–water partition coefficient (Wildman–Crippen LogP) is 9.67.